The first-order valence-electron chi connectivity index (χ1n) is 11.2. The third kappa shape index (κ3) is 7.05. The SMILES string of the molecule is N=C(N)c1cccc(CC(NSc2ccccc2)c2nc3ccc(OCCCNC=O)cc3s2)c1. The molecule has 1 amide bonds. The average Bonchev–Trinajstić information content (AvgIpc) is 3.30. The van der Waals surface area contributed by atoms with Gasteiger partial charge in [-0.25, -0.2) is 9.71 Å². The van der Waals surface area contributed by atoms with Crippen LogP contribution in [0.4, 0.5) is 0 Å². The fourth-order valence-electron chi connectivity index (χ4n) is 3.49. The van der Waals surface area contributed by atoms with Gasteiger partial charge in [-0.3, -0.25) is 10.2 Å². The molecule has 9 heteroatoms. The van der Waals surface area contributed by atoms with Crippen molar-refractivity contribution in [2.75, 3.05) is 13.2 Å². The van der Waals surface area contributed by atoms with Crippen LogP contribution in [0.2, 0.25) is 0 Å². The fraction of sp³-hybridized carbons (Fsp3) is 0.192. The maximum absolute atomic E-state index is 10.4. The normalized spacial score (nSPS) is 11.8. The number of ether oxygens (including phenoxy) is 1. The quantitative estimate of drug-likeness (QED) is 0.0690. The molecular formula is C26H27N5O2S2. The summed E-state index contributed by atoms with van der Waals surface area (Å²) in [6.07, 6.45) is 2.14. The molecule has 4 rings (SSSR count). The summed E-state index contributed by atoms with van der Waals surface area (Å²) in [6.45, 7) is 1.12. The number of amides is 1. The lowest BCUT2D eigenvalue weighted by Crippen LogP contribution is -2.17. The highest BCUT2D eigenvalue weighted by molar-refractivity contribution is 7.97. The van der Waals surface area contributed by atoms with E-state index in [1.165, 1.54) is 0 Å². The Hall–Kier alpha value is -3.40. The first-order chi connectivity index (χ1) is 17.1. The van der Waals surface area contributed by atoms with Crippen LogP contribution in [0.5, 0.6) is 5.75 Å². The van der Waals surface area contributed by atoms with E-state index in [4.69, 9.17) is 20.9 Å². The zero-order valence-electron chi connectivity index (χ0n) is 19.1. The molecule has 0 aliphatic rings. The second kappa shape index (κ2) is 12.3. The van der Waals surface area contributed by atoms with E-state index >= 15 is 0 Å². The number of carbonyl (C=O) groups excluding carboxylic acids is 1. The number of nitrogen functional groups attached to an aromatic ring is 1. The number of hydrogen-bond donors (Lipinski definition) is 4. The van der Waals surface area contributed by atoms with E-state index in [9.17, 15) is 4.79 Å². The Morgan fingerprint density at radius 2 is 2.00 bits per heavy atom. The first kappa shape index (κ1) is 24.7. The summed E-state index contributed by atoms with van der Waals surface area (Å²) >= 11 is 3.22. The number of nitrogens with one attached hydrogen (secondary N) is 3. The molecular weight excluding hydrogens is 478 g/mol. The molecule has 0 radical (unpaired) electrons. The van der Waals surface area contributed by atoms with Crippen LogP contribution in [0.25, 0.3) is 10.2 Å². The van der Waals surface area contributed by atoms with Crippen molar-refractivity contribution in [1.29, 1.82) is 5.41 Å². The lowest BCUT2D eigenvalue weighted by Gasteiger charge is -2.16. The van der Waals surface area contributed by atoms with E-state index in [2.05, 4.69) is 22.2 Å². The van der Waals surface area contributed by atoms with Crippen LogP contribution in [-0.4, -0.2) is 30.4 Å². The van der Waals surface area contributed by atoms with Gasteiger partial charge in [0.1, 0.15) is 16.6 Å². The van der Waals surface area contributed by atoms with Gasteiger partial charge in [-0.2, -0.15) is 0 Å². The third-order valence-corrected chi connectivity index (χ3v) is 7.27. The van der Waals surface area contributed by atoms with Gasteiger partial charge in [0.2, 0.25) is 6.41 Å². The van der Waals surface area contributed by atoms with Crippen molar-refractivity contribution in [3.05, 3.63) is 88.9 Å². The Morgan fingerprint density at radius 1 is 1.14 bits per heavy atom. The first-order valence-corrected chi connectivity index (χ1v) is 12.9. The number of carbonyl (C=O) groups is 1. The van der Waals surface area contributed by atoms with E-state index in [0.717, 1.165) is 37.9 Å². The van der Waals surface area contributed by atoms with E-state index in [1.807, 2.05) is 60.7 Å². The van der Waals surface area contributed by atoms with Crippen LogP contribution in [0.3, 0.4) is 0 Å². The number of nitrogens with zero attached hydrogens (tertiary/aromatic N) is 1. The molecule has 0 saturated carbocycles. The number of thiazole rings is 1. The summed E-state index contributed by atoms with van der Waals surface area (Å²) < 4.78 is 10.5. The molecule has 180 valence electrons. The third-order valence-electron chi connectivity index (χ3n) is 5.23. The summed E-state index contributed by atoms with van der Waals surface area (Å²) in [4.78, 5) is 16.4. The minimum absolute atomic E-state index is 0.0430. The topological polar surface area (TPSA) is 113 Å². The highest BCUT2D eigenvalue weighted by Gasteiger charge is 2.18. The van der Waals surface area contributed by atoms with Crippen LogP contribution in [0.15, 0.2) is 77.7 Å². The summed E-state index contributed by atoms with van der Waals surface area (Å²) in [5.41, 5.74) is 8.42. The van der Waals surface area contributed by atoms with Gasteiger partial charge in [-0.05, 0) is 66.8 Å². The number of amidine groups is 1. The van der Waals surface area contributed by atoms with Gasteiger partial charge >= 0.3 is 0 Å². The van der Waals surface area contributed by atoms with Crippen molar-refractivity contribution in [3.63, 3.8) is 0 Å². The summed E-state index contributed by atoms with van der Waals surface area (Å²) in [6, 6.07) is 23.8. The number of benzene rings is 3. The number of hydrogen-bond acceptors (Lipinski definition) is 7. The maximum atomic E-state index is 10.4. The average molecular weight is 506 g/mol. The van der Waals surface area contributed by atoms with Gasteiger partial charge < -0.3 is 15.8 Å². The smallest absolute Gasteiger partial charge is 0.207 e. The van der Waals surface area contributed by atoms with Gasteiger partial charge in [0.15, 0.2) is 0 Å². The lowest BCUT2D eigenvalue weighted by atomic mass is 10.0. The van der Waals surface area contributed by atoms with Crippen molar-refractivity contribution in [2.45, 2.75) is 23.8 Å². The van der Waals surface area contributed by atoms with Crippen LogP contribution in [0.1, 0.15) is 28.6 Å². The van der Waals surface area contributed by atoms with Gasteiger partial charge in [-0.15, -0.1) is 11.3 Å². The van der Waals surface area contributed by atoms with Gasteiger partial charge in [-0.1, -0.05) is 36.4 Å². The van der Waals surface area contributed by atoms with Gasteiger partial charge in [0, 0.05) is 17.0 Å². The maximum Gasteiger partial charge on any atom is 0.207 e. The molecule has 0 bridgehead atoms. The lowest BCUT2D eigenvalue weighted by molar-refractivity contribution is -0.109. The van der Waals surface area contributed by atoms with E-state index in [-0.39, 0.29) is 11.9 Å². The molecule has 1 heterocycles. The molecule has 1 atom stereocenters. The largest absolute Gasteiger partial charge is 0.493 e. The Labute approximate surface area is 212 Å². The second-order valence-electron chi connectivity index (χ2n) is 7.86. The molecule has 35 heavy (non-hydrogen) atoms. The molecule has 3 aromatic carbocycles. The minimum Gasteiger partial charge on any atom is -0.493 e. The molecule has 0 spiro atoms. The van der Waals surface area contributed by atoms with Crippen molar-refractivity contribution in [1.82, 2.24) is 15.0 Å². The highest BCUT2D eigenvalue weighted by Crippen LogP contribution is 2.33. The van der Waals surface area contributed by atoms with Crippen LogP contribution in [0, 0.1) is 5.41 Å². The molecule has 5 N–H and O–H groups in total. The zero-order chi connectivity index (χ0) is 24.5. The molecule has 0 aliphatic heterocycles. The summed E-state index contributed by atoms with van der Waals surface area (Å²) in [5, 5.41) is 11.4. The molecule has 0 saturated heterocycles. The number of nitrogens with two attached hydrogens (primary N) is 1. The molecule has 0 fully saturated rings. The fourth-order valence-corrected chi connectivity index (χ4v) is 5.38. The molecule has 4 aromatic rings. The molecule has 0 aliphatic carbocycles. The van der Waals surface area contributed by atoms with Gasteiger partial charge in [0.25, 0.3) is 0 Å². The van der Waals surface area contributed by atoms with Gasteiger partial charge in [0.05, 0.1) is 22.9 Å². The van der Waals surface area contributed by atoms with E-state index < -0.39 is 0 Å². The monoisotopic (exact) mass is 505 g/mol. The van der Waals surface area contributed by atoms with Crippen molar-refractivity contribution >= 4 is 45.7 Å². The predicted octanol–water partition coefficient (Wildman–Crippen LogP) is 4.68. The summed E-state index contributed by atoms with van der Waals surface area (Å²) in [7, 11) is 0. The number of rotatable bonds is 13. The Morgan fingerprint density at radius 3 is 2.80 bits per heavy atom. The number of fused-ring (bicyclic) bond motifs is 1. The van der Waals surface area contributed by atoms with Crippen LogP contribution >= 0.6 is 23.3 Å². The number of aromatic nitrogens is 1. The van der Waals surface area contributed by atoms with Crippen molar-refractivity contribution in [2.24, 2.45) is 5.73 Å². The Kier molecular flexibility index (Phi) is 8.72. The predicted molar refractivity (Wildman–Crippen MR) is 143 cm³/mol. The van der Waals surface area contributed by atoms with Crippen molar-refractivity contribution < 1.29 is 9.53 Å². The Bertz CT molecular complexity index is 1280. The van der Waals surface area contributed by atoms with E-state index in [1.54, 1.807) is 23.3 Å². The zero-order valence-corrected chi connectivity index (χ0v) is 20.7. The standard InChI is InChI=1S/C26H27N5O2S2/c27-25(28)19-7-4-6-18(14-19)15-23(31-35-21-8-2-1-3-9-21)26-30-22-11-10-20(16-24(22)34-26)33-13-5-12-29-17-32/h1-4,6-11,14,16-17,23,31H,5,12-13,15H2,(H3,27,28)(H,29,32). The minimum atomic E-state index is -0.0430. The molecule has 1 unspecified atom stereocenters. The second-order valence-corrected chi connectivity index (χ2v) is 9.83. The Balaban J connectivity index is 1.54. The van der Waals surface area contributed by atoms with Crippen molar-refractivity contribution in [3.8, 4) is 5.75 Å². The van der Waals surface area contributed by atoms with Crippen LogP contribution < -0.4 is 20.5 Å². The molecule has 7 nitrogen and oxygen atoms in total. The van der Waals surface area contributed by atoms with Crippen LogP contribution in [-0.2, 0) is 11.2 Å². The highest BCUT2D eigenvalue weighted by atomic mass is 32.2. The van der Waals surface area contributed by atoms with E-state index in [0.29, 0.717) is 31.5 Å². The summed E-state index contributed by atoms with van der Waals surface area (Å²) in [5.74, 6) is 0.848. The molecule has 1 aromatic heterocycles.